The number of likely N-dealkylation sites (tertiary alicyclic amines) is 1. The second-order valence-corrected chi connectivity index (χ2v) is 5.52. The van der Waals surface area contributed by atoms with Crippen molar-refractivity contribution in [2.24, 2.45) is 5.73 Å². The first kappa shape index (κ1) is 13.1. The number of aryl methyl sites for hydroxylation is 1. The molecule has 1 aromatic rings. The molecule has 1 saturated heterocycles. The number of rotatable bonds is 4. The number of nitrogens with zero attached hydrogens (tertiary/aromatic N) is 1. The minimum Gasteiger partial charge on any atom is -0.339 e. The summed E-state index contributed by atoms with van der Waals surface area (Å²) in [5, 5.41) is 0. The van der Waals surface area contributed by atoms with Gasteiger partial charge in [0.15, 0.2) is 0 Å². The van der Waals surface area contributed by atoms with Crippen molar-refractivity contribution in [2.45, 2.75) is 38.6 Å². The van der Waals surface area contributed by atoms with Crippen LogP contribution >= 0.6 is 0 Å². The highest BCUT2D eigenvalue weighted by Crippen LogP contribution is 2.23. The molecule has 1 fully saturated rings. The minimum absolute atomic E-state index is 0.127. The number of hydrogen-bond donors (Lipinski definition) is 1. The molecule has 1 aliphatic rings. The SMILES string of the molecule is CCCC1(N)CN(C(=O)Cc2ccc(C)cc2)C1. The standard InChI is InChI=1S/C15H22N2O/c1-3-8-15(16)10-17(11-15)14(18)9-13-6-4-12(2)5-7-13/h4-7H,3,8-11,16H2,1-2H3. The lowest BCUT2D eigenvalue weighted by molar-refractivity contribution is -0.138. The predicted octanol–water partition coefficient (Wildman–Crippen LogP) is 1.88. The Balaban J connectivity index is 1.85. The van der Waals surface area contributed by atoms with Crippen molar-refractivity contribution >= 4 is 5.91 Å². The fourth-order valence-electron chi connectivity index (χ4n) is 2.54. The van der Waals surface area contributed by atoms with Gasteiger partial charge >= 0.3 is 0 Å². The van der Waals surface area contributed by atoms with E-state index >= 15 is 0 Å². The van der Waals surface area contributed by atoms with Crippen molar-refractivity contribution in [3.63, 3.8) is 0 Å². The summed E-state index contributed by atoms with van der Waals surface area (Å²) in [6.07, 6.45) is 2.57. The quantitative estimate of drug-likeness (QED) is 0.881. The second-order valence-electron chi connectivity index (χ2n) is 5.52. The Labute approximate surface area is 109 Å². The van der Waals surface area contributed by atoms with E-state index in [9.17, 15) is 4.79 Å². The number of carbonyl (C=O) groups excluding carboxylic acids is 1. The van der Waals surface area contributed by atoms with Gasteiger partial charge in [-0.05, 0) is 18.9 Å². The summed E-state index contributed by atoms with van der Waals surface area (Å²) in [6.45, 7) is 5.61. The first-order valence-electron chi connectivity index (χ1n) is 6.65. The number of carbonyl (C=O) groups is 1. The van der Waals surface area contributed by atoms with Crippen LogP contribution in [0.1, 0.15) is 30.9 Å². The molecule has 1 heterocycles. The van der Waals surface area contributed by atoms with Crippen molar-refractivity contribution in [3.8, 4) is 0 Å². The number of benzene rings is 1. The Kier molecular flexibility index (Phi) is 3.71. The van der Waals surface area contributed by atoms with Gasteiger partial charge < -0.3 is 10.6 Å². The van der Waals surface area contributed by atoms with Gasteiger partial charge in [-0.2, -0.15) is 0 Å². The third-order valence-electron chi connectivity index (χ3n) is 3.59. The lowest BCUT2D eigenvalue weighted by Crippen LogP contribution is -2.68. The molecule has 1 aromatic carbocycles. The lowest BCUT2D eigenvalue weighted by atomic mass is 9.86. The molecular weight excluding hydrogens is 224 g/mol. The van der Waals surface area contributed by atoms with E-state index in [1.54, 1.807) is 0 Å². The van der Waals surface area contributed by atoms with Gasteiger partial charge in [-0.25, -0.2) is 0 Å². The third-order valence-corrected chi connectivity index (χ3v) is 3.59. The van der Waals surface area contributed by atoms with Gasteiger partial charge in [0.25, 0.3) is 0 Å². The largest absolute Gasteiger partial charge is 0.339 e. The molecule has 3 heteroatoms. The van der Waals surface area contributed by atoms with Crippen LogP contribution in [0.25, 0.3) is 0 Å². The fraction of sp³-hybridized carbons (Fsp3) is 0.533. The molecule has 0 unspecified atom stereocenters. The Hall–Kier alpha value is -1.35. The van der Waals surface area contributed by atoms with Gasteiger partial charge in [0.2, 0.25) is 5.91 Å². The maximum absolute atomic E-state index is 12.0. The molecule has 0 saturated carbocycles. The van der Waals surface area contributed by atoms with Gasteiger partial charge in [0.05, 0.1) is 12.0 Å². The van der Waals surface area contributed by atoms with Crippen molar-refractivity contribution in [1.82, 2.24) is 4.90 Å². The van der Waals surface area contributed by atoms with E-state index in [0.717, 1.165) is 18.4 Å². The zero-order valence-corrected chi connectivity index (χ0v) is 11.3. The van der Waals surface area contributed by atoms with Gasteiger partial charge in [0.1, 0.15) is 0 Å². The molecule has 0 atom stereocenters. The van der Waals surface area contributed by atoms with E-state index in [1.165, 1.54) is 5.56 Å². The zero-order chi connectivity index (χ0) is 13.2. The summed E-state index contributed by atoms with van der Waals surface area (Å²) < 4.78 is 0. The summed E-state index contributed by atoms with van der Waals surface area (Å²) in [5.41, 5.74) is 8.33. The Morgan fingerprint density at radius 1 is 1.33 bits per heavy atom. The van der Waals surface area contributed by atoms with Crippen LogP contribution in [0.3, 0.4) is 0 Å². The third kappa shape index (κ3) is 2.91. The van der Waals surface area contributed by atoms with Crippen LogP contribution in [0.5, 0.6) is 0 Å². The van der Waals surface area contributed by atoms with E-state index in [0.29, 0.717) is 19.5 Å². The predicted molar refractivity (Wildman–Crippen MR) is 73.3 cm³/mol. The van der Waals surface area contributed by atoms with Crippen LogP contribution in [0.15, 0.2) is 24.3 Å². The monoisotopic (exact) mass is 246 g/mol. The summed E-state index contributed by atoms with van der Waals surface area (Å²) >= 11 is 0. The van der Waals surface area contributed by atoms with Gasteiger partial charge in [0, 0.05) is 13.1 Å². The van der Waals surface area contributed by atoms with E-state index in [1.807, 2.05) is 29.2 Å². The molecule has 1 amide bonds. The fourth-order valence-corrected chi connectivity index (χ4v) is 2.54. The minimum atomic E-state index is -0.127. The molecule has 18 heavy (non-hydrogen) atoms. The Morgan fingerprint density at radius 3 is 2.50 bits per heavy atom. The average molecular weight is 246 g/mol. The highest BCUT2D eigenvalue weighted by Gasteiger charge is 2.40. The molecule has 0 bridgehead atoms. The highest BCUT2D eigenvalue weighted by atomic mass is 16.2. The van der Waals surface area contributed by atoms with Crippen LogP contribution in [-0.2, 0) is 11.2 Å². The molecule has 0 aromatic heterocycles. The summed E-state index contributed by atoms with van der Waals surface area (Å²) in [6, 6.07) is 8.13. The van der Waals surface area contributed by atoms with E-state index in [4.69, 9.17) is 5.73 Å². The maximum atomic E-state index is 12.0. The van der Waals surface area contributed by atoms with Gasteiger partial charge in [-0.1, -0.05) is 43.2 Å². The van der Waals surface area contributed by atoms with Gasteiger partial charge in [-0.15, -0.1) is 0 Å². The Morgan fingerprint density at radius 2 is 1.94 bits per heavy atom. The summed E-state index contributed by atoms with van der Waals surface area (Å²) in [5.74, 6) is 0.191. The van der Waals surface area contributed by atoms with E-state index in [2.05, 4.69) is 13.8 Å². The molecule has 0 radical (unpaired) electrons. The molecular formula is C15H22N2O. The highest BCUT2D eigenvalue weighted by molar-refractivity contribution is 5.80. The second kappa shape index (κ2) is 5.11. The molecule has 98 valence electrons. The molecule has 1 aliphatic heterocycles. The van der Waals surface area contributed by atoms with Crippen LogP contribution in [0.4, 0.5) is 0 Å². The van der Waals surface area contributed by atoms with E-state index < -0.39 is 0 Å². The van der Waals surface area contributed by atoms with Gasteiger partial charge in [-0.3, -0.25) is 4.79 Å². The molecule has 2 rings (SSSR count). The first-order valence-corrected chi connectivity index (χ1v) is 6.65. The topological polar surface area (TPSA) is 46.3 Å². The van der Waals surface area contributed by atoms with Crippen molar-refractivity contribution in [1.29, 1.82) is 0 Å². The lowest BCUT2D eigenvalue weighted by Gasteiger charge is -2.48. The number of amides is 1. The van der Waals surface area contributed by atoms with Crippen molar-refractivity contribution in [3.05, 3.63) is 35.4 Å². The summed E-state index contributed by atoms with van der Waals surface area (Å²) in [4.78, 5) is 13.9. The van der Waals surface area contributed by atoms with Crippen LogP contribution in [0.2, 0.25) is 0 Å². The zero-order valence-electron chi connectivity index (χ0n) is 11.3. The number of hydrogen-bond acceptors (Lipinski definition) is 2. The van der Waals surface area contributed by atoms with Crippen LogP contribution in [-0.4, -0.2) is 29.4 Å². The smallest absolute Gasteiger partial charge is 0.227 e. The number of nitrogens with two attached hydrogens (primary N) is 1. The normalized spacial score (nSPS) is 17.4. The van der Waals surface area contributed by atoms with Crippen molar-refractivity contribution in [2.75, 3.05) is 13.1 Å². The molecule has 0 aliphatic carbocycles. The molecule has 0 spiro atoms. The van der Waals surface area contributed by atoms with Crippen LogP contribution in [0, 0.1) is 6.92 Å². The average Bonchev–Trinajstić information content (AvgIpc) is 2.29. The first-order chi connectivity index (χ1) is 8.52. The Bertz CT molecular complexity index is 419. The molecule has 3 nitrogen and oxygen atoms in total. The van der Waals surface area contributed by atoms with Crippen LogP contribution < -0.4 is 5.73 Å². The maximum Gasteiger partial charge on any atom is 0.227 e. The van der Waals surface area contributed by atoms with Crippen molar-refractivity contribution < 1.29 is 4.79 Å². The van der Waals surface area contributed by atoms with E-state index in [-0.39, 0.29) is 11.4 Å². The summed E-state index contributed by atoms with van der Waals surface area (Å²) in [7, 11) is 0. The molecule has 2 N–H and O–H groups in total.